The quantitative estimate of drug-likeness (QED) is 0.549. The largest absolute Gasteiger partial charge is 0.381 e. The summed E-state index contributed by atoms with van der Waals surface area (Å²) in [7, 11) is 1.63. The molecule has 5 rings (SSSR count). The molecule has 1 aliphatic carbocycles. The van der Waals surface area contributed by atoms with Crippen molar-refractivity contribution in [3.05, 3.63) is 29.5 Å². The number of nitriles is 1. The van der Waals surface area contributed by atoms with Crippen molar-refractivity contribution < 1.29 is 4.79 Å². The summed E-state index contributed by atoms with van der Waals surface area (Å²) < 4.78 is 0. The van der Waals surface area contributed by atoms with Gasteiger partial charge in [-0.1, -0.05) is 0 Å². The van der Waals surface area contributed by atoms with Gasteiger partial charge in [-0.2, -0.15) is 5.26 Å². The first kappa shape index (κ1) is 20.0. The van der Waals surface area contributed by atoms with Crippen molar-refractivity contribution in [2.24, 2.45) is 11.8 Å². The van der Waals surface area contributed by atoms with Crippen LogP contribution >= 0.6 is 11.3 Å². The van der Waals surface area contributed by atoms with Gasteiger partial charge in [0.25, 0.3) is 5.91 Å². The van der Waals surface area contributed by atoms with Gasteiger partial charge in [-0.25, -0.2) is 9.97 Å². The summed E-state index contributed by atoms with van der Waals surface area (Å²) in [5.41, 5.74) is 2.81. The van der Waals surface area contributed by atoms with E-state index in [9.17, 15) is 4.79 Å². The molecular formula is C22H25N7OS. The summed E-state index contributed by atoms with van der Waals surface area (Å²) in [6.45, 7) is 3.07. The normalized spacial score (nSPS) is 23.0. The van der Waals surface area contributed by atoms with Crippen LogP contribution in [0.1, 0.15) is 28.9 Å². The Morgan fingerprint density at radius 3 is 2.87 bits per heavy atom. The van der Waals surface area contributed by atoms with Crippen molar-refractivity contribution >= 4 is 34.0 Å². The predicted molar refractivity (Wildman–Crippen MR) is 121 cm³/mol. The highest BCUT2D eigenvalue weighted by Gasteiger charge is 2.40. The number of anilines is 1. The minimum absolute atomic E-state index is 0.126. The Bertz CT molecular complexity index is 1130. The second-order valence-electron chi connectivity index (χ2n) is 8.40. The number of aromatic nitrogens is 3. The van der Waals surface area contributed by atoms with Gasteiger partial charge in [-0.3, -0.25) is 4.79 Å². The van der Waals surface area contributed by atoms with Crippen LogP contribution in [0.5, 0.6) is 0 Å². The zero-order chi connectivity index (χ0) is 21.4. The van der Waals surface area contributed by atoms with Gasteiger partial charge in [0.2, 0.25) is 0 Å². The van der Waals surface area contributed by atoms with Crippen LogP contribution in [-0.2, 0) is 0 Å². The summed E-state index contributed by atoms with van der Waals surface area (Å²) in [6, 6.07) is 4.69. The summed E-state index contributed by atoms with van der Waals surface area (Å²) in [5, 5.41) is 17.2. The smallest absolute Gasteiger partial charge is 0.262 e. The molecule has 1 aliphatic heterocycles. The molecular weight excluding hydrogens is 410 g/mol. The van der Waals surface area contributed by atoms with Crippen LogP contribution in [0.25, 0.3) is 21.6 Å². The first-order valence-electron chi connectivity index (χ1n) is 10.7. The van der Waals surface area contributed by atoms with Gasteiger partial charge < -0.3 is 20.5 Å². The number of carbonyl (C=O) groups excluding carboxylic acids is 1. The molecule has 1 saturated carbocycles. The Labute approximate surface area is 184 Å². The number of nitrogens with zero attached hydrogens (tertiary/aromatic N) is 4. The van der Waals surface area contributed by atoms with Crippen LogP contribution in [0.3, 0.4) is 0 Å². The average molecular weight is 436 g/mol. The van der Waals surface area contributed by atoms with Gasteiger partial charge in [0.15, 0.2) is 0 Å². The molecule has 9 heteroatoms. The fourth-order valence-corrected chi connectivity index (χ4v) is 5.94. The molecule has 31 heavy (non-hydrogen) atoms. The van der Waals surface area contributed by atoms with Crippen molar-refractivity contribution in [3.8, 4) is 16.6 Å². The number of hydrogen-bond acceptors (Lipinski definition) is 7. The SMILES string of the molecule is CNC(=O)c1cnc(-c2cnc3[nH]ccc3c2NC2C[C@@H]3CN(CCC#N)C[C@@H]3C2)s1. The molecule has 0 spiro atoms. The molecule has 1 saturated heterocycles. The van der Waals surface area contributed by atoms with Gasteiger partial charge in [0, 0.05) is 56.9 Å². The fourth-order valence-electron chi connectivity index (χ4n) is 5.06. The van der Waals surface area contributed by atoms with Crippen LogP contribution in [0.15, 0.2) is 24.7 Å². The van der Waals surface area contributed by atoms with E-state index in [0.717, 1.165) is 59.8 Å². The number of thiazole rings is 1. The summed E-state index contributed by atoms with van der Waals surface area (Å²) >= 11 is 1.38. The zero-order valence-electron chi connectivity index (χ0n) is 17.4. The lowest BCUT2D eigenvalue weighted by Crippen LogP contribution is -2.26. The molecule has 1 amide bonds. The van der Waals surface area contributed by atoms with Crippen molar-refractivity contribution in [3.63, 3.8) is 0 Å². The molecule has 1 unspecified atom stereocenters. The van der Waals surface area contributed by atoms with E-state index < -0.39 is 0 Å². The molecule has 3 aromatic rings. The lowest BCUT2D eigenvalue weighted by Gasteiger charge is -2.21. The number of rotatable bonds is 6. The van der Waals surface area contributed by atoms with E-state index in [1.165, 1.54) is 11.3 Å². The van der Waals surface area contributed by atoms with Gasteiger partial charge in [0.05, 0.1) is 23.5 Å². The van der Waals surface area contributed by atoms with E-state index in [1.54, 1.807) is 13.2 Å². The molecule has 160 valence electrons. The molecule has 0 bridgehead atoms. The van der Waals surface area contributed by atoms with E-state index in [2.05, 4.69) is 36.6 Å². The van der Waals surface area contributed by atoms with Crippen LogP contribution in [0.2, 0.25) is 0 Å². The first-order chi connectivity index (χ1) is 15.2. The topological polar surface area (TPSA) is 110 Å². The maximum atomic E-state index is 12.0. The van der Waals surface area contributed by atoms with Crippen LogP contribution < -0.4 is 10.6 Å². The van der Waals surface area contributed by atoms with Crippen molar-refractivity contribution in [2.45, 2.75) is 25.3 Å². The number of hydrogen-bond donors (Lipinski definition) is 3. The van der Waals surface area contributed by atoms with Gasteiger partial charge in [-0.15, -0.1) is 11.3 Å². The molecule has 3 aromatic heterocycles. The van der Waals surface area contributed by atoms with Crippen LogP contribution in [0, 0.1) is 23.2 Å². The molecule has 2 fully saturated rings. The Morgan fingerprint density at radius 1 is 1.32 bits per heavy atom. The lowest BCUT2D eigenvalue weighted by molar-refractivity contribution is 0.0967. The van der Waals surface area contributed by atoms with Crippen LogP contribution in [0.4, 0.5) is 5.69 Å². The maximum absolute atomic E-state index is 12.0. The van der Waals surface area contributed by atoms with E-state index in [1.807, 2.05) is 18.5 Å². The second kappa shape index (κ2) is 8.29. The number of pyridine rings is 1. The minimum Gasteiger partial charge on any atom is -0.381 e. The fraction of sp³-hybridized carbons (Fsp3) is 0.455. The predicted octanol–water partition coefficient (Wildman–Crippen LogP) is 3.08. The Hall–Kier alpha value is -2.96. The third-order valence-electron chi connectivity index (χ3n) is 6.49. The van der Waals surface area contributed by atoms with Crippen molar-refractivity contribution in [2.75, 3.05) is 32.0 Å². The highest BCUT2D eigenvalue weighted by Crippen LogP contribution is 2.42. The van der Waals surface area contributed by atoms with Crippen molar-refractivity contribution in [1.29, 1.82) is 5.26 Å². The third kappa shape index (κ3) is 3.77. The Morgan fingerprint density at radius 2 is 2.13 bits per heavy atom. The lowest BCUT2D eigenvalue weighted by atomic mass is 10.0. The van der Waals surface area contributed by atoms with E-state index in [4.69, 9.17) is 5.26 Å². The highest BCUT2D eigenvalue weighted by atomic mass is 32.1. The molecule has 0 aromatic carbocycles. The summed E-state index contributed by atoms with van der Waals surface area (Å²) in [4.78, 5) is 27.3. The van der Waals surface area contributed by atoms with E-state index in [-0.39, 0.29) is 5.91 Å². The second-order valence-corrected chi connectivity index (χ2v) is 9.43. The average Bonchev–Trinajstić information content (AvgIpc) is 3.54. The standard InChI is InChI=1S/C22H25N7OS/c1-24-21(30)18-10-27-22(31-18)17-9-26-20-16(3-5-25-20)19(17)28-15-7-13-11-29(6-2-4-23)12-14(13)8-15/h3,5,9-10,13-15H,2,6-8,11-12H2,1H3,(H,24,30)(H2,25,26,28)/t13-,14+,15?. The number of amides is 1. The first-order valence-corrected chi connectivity index (χ1v) is 11.5. The molecule has 2 aliphatic rings. The van der Waals surface area contributed by atoms with E-state index >= 15 is 0 Å². The van der Waals surface area contributed by atoms with Gasteiger partial charge in [0.1, 0.15) is 15.5 Å². The van der Waals surface area contributed by atoms with E-state index in [0.29, 0.717) is 29.2 Å². The Balaban J connectivity index is 1.39. The summed E-state index contributed by atoms with van der Waals surface area (Å²) in [5.74, 6) is 1.24. The molecule has 3 atom stereocenters. The monoisotopic (exact) mass is 435 g/mol. The molecule has 0 radical (unpaired) electrons. The van der Waals surface area contributed by atoms with Crippen LogP contribution in [-0.4, -0.2) is 58.5 Å². The number of nitrogens with one attached hydrogen (secondary N) is 3. The number of H-pyrrole nitrogens is 1. The number of carbonyl (C=O) groups is 1. The highest BCUT2D eigenvalue weighted by molar-refractivity contribution is 7.17. The number of likely N-dealkylation sites (tertiary alicyclic amines) is 1. The Kier molecular flexibility index (Phi) is 5.34. The third-order valence-corrected chi connectivity index (χ3v) is 7.52. The summed E-state index contributed by atoms with van der Waals surface area (Å²) in [6.07, 6.45) is 8.23. The van der Waals surface area contributed by atoms with Gasteiger partial charge >= 0.3 is 0 Å². The zero-order valence-corrected chi connectivity index (χ0v) is 18.2. The number of aromatic amines is 1. The number of fused-ring (bicyclic) bond motifs is 2. The minimum atomic E-state index is -0.126. The molecule has 8 nitrogen and oxygen atoms in total. The van der Waals surface area contributed by atoms with Gasteiger partial charge in [-0.05, 0) is 30.7 Å². The molecule has 3 N–H and O–H groups in total. The molecule has 4 heterocycles. The maximum Gasteiger partial charge on any atom is 0.262 e. The van der Waals surface area contributed by atoms with Crippen molar-refractivity contribution in [1.82, 2.24) is 25.2 Å².